The molecule has 0 saturated heterocycles. The Kier molecular flexibility index (Phi) is 5.42. The van der Waals surface area contributed by atoms with Crippen LogP contribution in [0.15, 0.2) is 29.5 Å². The van der Waals surface area contributed by atoms with Crippen LogP contribution in [0.4, 0.5) is 5.69 Å². The van der Waals surface area contributed by atoms with Crippen LogP contribution >= 0.6 is 0 Å². The summed E-state index contributed by atoms with van der Waals surface area (Å²) in [6.07, 6.45) is 0.988. The highest BCUT2D eigenvalue weighted by Gasteiger charge is 2.36. The third-order valence-corrected chi connectivity index (χ3v) is 5.14. The lowest BCUT2D eigenvalue weighted by molar-refractivity contribution is -0.136. The maximum absolute atomic E-state index is 12.6. The van der Waals surface area contributed by atoms with E-state index in [9.17, 15) is 14.4 Å². The van der Waals surface area contributed by atoms with Crippen LogP contribution in [-0.2, 0) is 14.3 Å². The average Bonchev–Trinajstić information content (AvgIpc) is 2.98. The Bertz CT molecular complexity index is 862. The summed E-state index contributed by atoms with van der Waals surface area (Å²) in [5.41, 5.74) is 0.675. The Morgan fingerprint density at radius 3 is 2.79 bits per heavy atom. The number of nitrogens with one attached hydrogen (secondary N) is 1. The van der Waals surface area contributed by atoms with Crippen molar-refractivity contribution in [3.8, 4) is 5.75 Å². The van der Waals surface area contributed by atoms with Gasteiger partial charge in [-0.05, 0) is 31.5 Å². The number of hydrogen-bond donors (Lipinski definition) is 2. The standard InChI is InChI=1S/C20H24N2O6/c1-4-20(2)10-15(24)13-9-12(5-6-16(13)28-20)21-17-14(19(26)27-3)11-22(7-8-23)18(17)25/h5-6,9,21,23H,4,7-8,10-11H2,1-3H3. The molecule has 8 heteroatoms. The number of rotatable bonds is 6. The molecule has 28 heavy (non-hydrogen) atoms. The minimum atomic E-state index is -0.618. The van der Waals surface area contributed by atoms with Crippen LogP contribution in [0.25, 0.3) is 0 Å². The molecule has 0 bridgehead atoms. The number of carbonyl (C=O) groups excluding carboxylic acids is 3. The number of ketones is 1. The zero-order valence-corrected chi connectivity index (χ0v) is 16.2. The summed E-state index contributed by atoms with van der Waals surface area (Å²) < 4.78 is 10.7. The van der Waals surface area contributed by atoms with Crippen molar-refractivity contribution in [3.63, 3.8) is 0 Å². The molecule has 0 aromatic heterocycles. The van der Waals surface area contributed by atoms with Crippen molar-refractivity contribution >= 4 is 23.3 Å². The van der Waals surface area contributed by atoms with E-state index in [-0.39, 0.29) is 43.2 Å². The van der Waals surface area contributed by atoms with Crippen molar-refractivity contribution in [2.24, 2.45) is 0 Å². The van der Waals surface area contributed by atoms with Crippen LogP contribution in [0, 0.1) is 0 Å². The number of hydrogen-bond acceptors (Lipinski definition) is 7. The topological polar surface area (TPSA) is 105 Å². The van der Waals surface area contributed by atoms with Gasteiger partial charge in [-0.15, -0.1) is 0 Å². The third-order valence-electron chi connectivity index (χ3n) is 5.14. The van der Waals surface area contributed by atoms with Crippen LogP contribution in [0.5, 0.6) is 5.75 Å². The van der Waals surface area contributed by atoms with Gasteiger partial charge in [-0.25, -0.2) is 4.79 Å². The molecule has 1 aromatic rings. The van der Waals surface area contributed by atoms with Crippen molar-refractivity contribution < 1.29 is 29.0 Å². The van der Waals surface area contributed by atoms with Gasteiger partial charge < -0.3 is 24.8 Å². The molecule has 0 saturated carbocycles. The number of Topliss-reactive ketones (excluding diaryl/α,β-unsaturated/α-hetero) is 1. The molecule has 2 aliphatic rings. The quantitative estimate of drug-likeness (QED) is 0.712. The van der Waals surface area contributed by atoms with Gasteiger partial charge in [-0.2, -0.15) is 0 Å². The average molecular weight is 388 g/mol. The molecule has 1 aromatic carbocycles. The van der Waals surface area contributed by atoms with Crippen LogP contribution in [-0.4, -0.2) is 60.1 Å². The fourth-order valence-corrected chi connectivity index (χ4v) is 3.34. The van der Waals surface area contributed by atoms with E-state index in [0.29, 0.717) is 23.4 Å². The number of anilines is 1. The Morgan fingerprint density at radius 1 is 1.39 bits per heavy atom. The fraction of sp³-hybridized carbons (Fsp3) is 0.450. The number of β-amino-alcohol motifs (C(OH)–C–C–N with tert-alkyl or cyclic N) is 1. The molecule has 2 N–H and O–H groups in total. The highest BCUT2D eigenvalue weighted by atomic mass is 16.5. The molecule has 0 radical (unpaired) electrons. The highest BCUT2D eigenvalue weighted by molar-refractivity contribution is 6.09. The highest BCUT2D eigenvalue weighted by Crippen LogP contribution is 2.36. The molecule has 1 unspecified atom stereocenters. The van der Waals surface area contributed by atoms with E-state index in [0.717, 1.165) is 0 Å². The van der Waals surface area contributed by atoms with E-state index in [1.54, 1.807) is 18.2 Å². The summed E-state index contributed by atoms with van der Waals surface area (Å²) in [5, 5.41) is 12.1. The fourth-order valence-electron chi connectivity index (χ4n) is 3.34. The van der Waals surface area contributed by atoms with Gasteiger partial charge in [0.1, 0.15) is 17.0 Å². The van der Waals surface area contributed by atoms with Gasteiger partial charge >= 0.3 is 5.97 Å². The Hall–Kier alpha value is -2.87. The molecule has 1 atom stereocenters. The monoisotopic (exact) mass is 388 g/mol. The lowest BCUT2D eigenvalue weighted by Gasteiger charge is -2.34. The maximum Gasteiger partial charge on any atom is 0.337 e. The molecule has 2 heterocycles. The number of aliphatic hydroxyl groups excluding tert-OH is 1. The largest absolute Gasteiger partial charge is 0.486 e. The summed E-state index contributed by atoms with van der Waals surface area (Å²) in [6.45, 7) is 3.82. The second-order valence-corrected chi connectivity index (χ2v) is 7.14. The van der Waals surface area contributed by atoms with Crippen LogP contribution in [0.1, 0.15) is 37.0 Å². The number of nitrogens with zero attached hydrogens (tertiary/aromatic N) is 1. The molecule has 0 aliphatic carbocycles. The molecule has 1 amide bonds. The molecule has 0 fully saturated rings. The maximum atomic E-state index is 12.6. The predicted molar refractivity (Wildman–Crippen MR) is 101 cm³/mol. The number of amides is 1. The van der Waals surface area contributed by atoms with E-state index in [2.05, 4.69) is 5.32 Å². The van der Waals surface area contributed by atoms with Gasteiger partial charge in [-0.3, -0.25) is 9.59 Å². The summed E-state index contributed by atoms with van der Waals surface area (Å²) in [6, 6.07) is 5.00. The number of ether oxygens (including phenoxy) is 2. The molecular formula is C20H24N2O6. The first-order valence-corrected chi connectivity index (χ1v) is 9.16. The van der Waals surface area contributed by atoms with Crippen molar-refractivity contribution in [1.82, 2.24) is 4.90 Å². The molecular weight excluding hydrogens is 364 g/mol. The van der Waals surface area contributed by atoms with E-state index in [4.69, 9.17) is 14.6 Å². The van der Waals surface area contributed by atoms with Crippen molar-refractivity contribution in [2.45, 2.75) is 32.3 Å². The molecule has 0 spiro atoms. The number of fused-ring (bicyclic) bond motifs is 1. The van der Waals surface area contributed by atoms with E-state index in [1.807, 2.05) is 13.8 Å². The first-order chi connectivity index (χ1) is 13.3. The van der Waals surface area contributed by atoms with E-state index in [1.165, 1.54) is 12.0 Å². The van der Waals surface area contributed by atoms with E-state index >= 15 is 0 Å². The minimum Gasteiger partial charge on any atom is -0.486 e. The predicted octanol–water partition coefficient (Wildman–Crippen LogP) is 1.49. The van der Waals surface area contributed by atoms with Crippen LogP contribution < -0.4 is 10.1 Å². The number of benzene rings is 1. The number of carbonyl (C=O) groups is 3. The van der Waals surface area contributed by atoms with Gasteiger partial charge in [0.25, 0.3) is 5.91 Å². The van der Waals surface area contributed by atoms with Crippen molar-refractivity contribution in [3.05, 3.63) is 35.0 Å². The number of methoxy groups -OCH3 is 1. The van der Waals surface area contributed by atoms with Crippen LogP contribution in [0.2, 0.25) is 0 Å². The molecule has 3 rings (SSSR count). The summed E-state index contributed by atoms with van der Waals surface area (Å²) in [4.78, 5) is 38.6. The molecule has 150 valence electrons. The van der Waals surface area contributed by atoms with Gasteiger partial charge in [0.05, 0.1) is 37.8 Å². The Labute approximate surface area is 163 Å². The first-order valence-electron chi connectivity index (χ1n) is 9.16. The Morgan fingerprint density at radius 2 is 2.14 bits per heavy atom. The second kappa shape index (κ2) is 7.63. The van der Waals surface area contributed by atoms with Gasteiger partial charge in [0.15, 0.2) is 5.78 Å². The summed E-state index contributed by atoms with van der Waals surface area (Å²) in [7, 11) is 1.24. The van der Waals surface area contributed by atoms with Gasteiger partial charge in [0, 0.05) is 12.2 Å². The smallest absolute Gasteiger partial charge is 0.337 e. The normalized spacial score (nSPS) is 21.5. The third kappa shape index (κ3) is 3.60. The van der Waals surface area contributed by atoms with Gasteiger partial charge in [-0.1, -0.05) is 6.92 Å². The minimum absolute atomic E-state index is 0.0314. The molecule has 2 aliphatic heterocycles. The van der Waals surface area contributed by atoms with Crippen molar-refractivity contribution in [2.75, 3.05) is 32.1 Å². The Balaban J connectivity index is 1.90. The zero-order valence-electron chi connectivity index (χ0n) is 16.2. The number of aliphatic hydroxyl groups is 1. The lowest BCUT2D eigenvalue weighted by atomic mass is 9.89. The first kappa shape index (κ1) is 19.9. The van der Waals surface area contributed by atoms with Gasteiger partial charge in [0.2, 0.25) is 0 Å². The lowest BCUT2D eigenvalue weighted by Crippen LogP contribution is -2.38. The molecule has 8 nitrogen and oxygen atoms in total. The second-order valence-electron chi connectivity index (χ2n) is 7.14. The zero-order chi connectivity index (χ0) is 20.5. The summed E-state index contributed by atoms with van der Waals surface area (Å²) >= 11 is 0. The number of esters is 1. The van der Waals surface area contributed by atoms with Crippen molar-refractivity contribution in [1.29, 1.82) is 0 Å². The SMILES string of the molecule is CCC1(C)CC(=O)c2cc(NC3=C(C(=O)OC)CN(CCO)C3=O)ccc2O1. The van der Waals surface area contributed by atoms with Crippen LogP contribution in [0.3, 0.4) is 0 Å². The van der Waals surface area contributed by atoms with E-state index < -0.39 is 17.5 Å². The summed E-state index contributed by atoms with van der Waals surface area (Å²) in [5.74, 6) is -0.551.